The van der Waals surface area contributed by atoms with Crippen molar-refractivity contribution in [1.29, 1.82) is 5.26 Å². The molecule has 3 aromatic rings. The van der Waals surface area contributed by atoms with E-state index in [1.54, 1.807) is 48.5 Å². The van der Waals surface area contributed by atoms with E-state index in [2.05, 4.69) is 5.32 Å². The number of nitrogens with zero attached hydrogens (tertiary/aromatic N) is 2. The molecule has 6 nitrogen and oxygen atoms in total. The van der Waals surface area contributed by atoms with Gasteiger partial charge in [-0.2, -0.15) is 5.26 Å². The molecule has 3 amide bonds. The van der Waals surface area contributed by atoms with E-state index in [4.69, 9.17) is 5.26 Å². The molecule has 1 aliphatic rings. The van der Waals surface area contributed by atoms with Crippen LogP contribution in [-0.2, 0) is 11.2 Å². The molecule has 0 bridgehead atoms. The topological polar surface area (TPSA) is 90.3 Å². The zero-order valence-electron chi connectivity index (χ0n) is 15.9. The van der Waals surface area contributed by atoms with Crippen molar-refractivity contribution in [2.45, 2.75) is 12.5 Å². The first kappa shape index (κ1) is 19.1. The van der Waals surface area contributed by atoms with Crippen LogP contribution in [0.15, 0.2) is 78.9 Å². The summed E-state index contributed by atoms with van der Waals surface area (Å²) in [4.78, 5) is 40.2. The van der Waals surface area contributed by atoms with Gasteiger partial charge in [0.05, 0.1) is 22.8 Å². The van der Waals surface area contributed by atoms with Crippen LogP contribution in [0.1, 0.15) is 31.8 Å². The molecule has 0 aromatic heterocycles. The molecule has 1 heterocycles. The van der Waals surface area contributed by atoms with Crippen molar-refractivity contribution < 1.29 is 14.4 Å². The molecule has 6 heteroatoms. The molecule has 0 spiro atoms. The van der Waals surface area contributed by atoms with E-state index < -0.39 is 23.8 Å². The molecular weight excluding hydrogens is 378 g/mol. The molecule has 0 fully saturated rings. The van der Waals surface area contributed by atoms with Crippen molar-refractivity contribution in [2.75, 3.05) is 5.32 Å². The highest BCUT2D eigenvalue weighted by Gasteiger charge is 2.42. The summed E-state index contributed by atoms with van der Waals surface area (Å²) in [7, 11) is 0. The number of anilines is 1. The third kappa shape index (κ3) is 3.56. The van der Waals surface area contributed by atoms with Crippen molar-refractivity contribution in [3.05, 3.63) is 101 Å². The van der Waals surface area contributed by atoms with Crippen molar-refractivity contribution >= 4 is 23.4 Å². The molecular formula is C24H17N3O3. The Labute approximate surface area is 173 Å². The maximum atomic E-state index is 13.2. The lowest BCUT2D eigenvalue weighted by atomic mass is 10.0. The van der Waals surface area contributed by atoms with Crippen LogP contribution in [0.4, 0.5) is 5.69 Å². The first-order valence-electron chi connectivity index (χ1n) is 9.40. The summed E-state index contributed by atoms with van der Waals surface area (Å²) in [6, 6.07) is 23.2. The Hall–Kier alpha value is -4.24. The van der Waals surface area contributed by atoms with E-state index in [9.17, 15) is 14.4 Å². The third-order valence-electron chi connectivity index (χ3n) is 4.99. The molecule has 0 radical (unpaired) electrons. The second-order valence-electron chi connectivity index (χ2n) is 6.91. The van der Waals surface area contributed by atoms with Crippen LogP contribution < -0.4 is 5.32 Å². The number of carbonyl (C=O) groups is 3. The van der Waals surface area contributed by atoms with Gasteiger partial charge in [0.2, 0.25) is 5.91 Å². The van der Waals surface area contributed by atoms with Crippen LogP contribution in [0, 0.1) is 11.3 Å². The van der Waals surface area contributed by atoms with Crippen molar-refractivity contribution in [1.82, 2.24) is 4.90 Å². The van der Waals surface area contributed by atoms with Gasteiger partial charge in [-0.3, -0.25) is 19.3 Å². The highest BCUT2D eigenvalue weighted by molar-refractivity contribution is 6.23. The largest absolute Gasteiger partial charge is 0.324 e. The fourth-order valence-corrected chi connectivity index (χ4v) is 3.48. The molecule has 0 saturated carbocycles. The van der Waals surface area contributed by atoms with Crippen LogP contribution in [0.25, 0.3) is 0 Å². The van der Waals surface area contributed by atoms with Gasteiger partial charge >= 0.3 is 0 Å². The average molecular weight is 395 g/mol. The normalized spacial score (nSPS) is 13.5. The second kappa shape index (κ2) is 8.02. The third-order valence-corrected chi connectivity index (χ3v) is 4.99. The molecule has 4 rings (SSSR count). The van der Waals surface area contributed by atoms with Gasteiger partial charge in [-0.25, -0.2) is 0 Å². The SMILES string of the molecule is N#Cc1ccc(NC(=O)[C@H](Cc2ccccc2)N2C(=O)c3ccccc3C2=O)cc1. The second-order valence-corrected chi connectivity index (χ2v) is 6.91. The standard InChI is InChI=1S/C24H17N3O3/c25-15-17-10-12-18(13-11-17)26-22(28)21(14-16-6-2-1-3-7-16)27-23(29)19-8-4-5-9-20(19)24(27)30/h1-13,21H,14H2,(H,26,28)/t21-/m0/s1. The highest BCUT2D eigenvalue weighted by Crippen LogP contribution is 2.26. The van der Waals surface area contributed by atoms with Crippen molar-refractivity contribution in [3.63, 3.8) is 0 Å². The predicted molar refractivity (Wildman–Crippen MR) is 111 cm³/mol. The first-order chi connectivity index (χ1) is 14.6. The number of nitriles is 1. The number of nitrogens with one attached hydrogen (secondary N) is 1. The van der Waals surface area contributed by atoms with E-state index in [1.165, 1.54) is 0 Å². The zero-order valence-corrected chi connectivity index (χ0v) is 15.9. The molecule has 146 valence electrons. The number of hydrogen-bond donors (Lipinski definition) is 1. The van der Waals surface area contributed by atoms with Crippen LogP contribution >= 0.6 is 0 Å². The van der Waals surface area contributed by atoms with E-state index in [1.807, 2.05) is 36.4 Å². The minimum Gasteiger partial charge on any atom is -0.324 e. The Morgan fingerprint density at radius 2 is 1.43 bits per heavy atom. The van der Waals surface area contributed by atoms with E-state index in [0.717, 1.165) is 10.5 Å². The summed E-state index contributed by atoms with van der Waals surface area (Å²) in [5, 5.41) is 11.7. The predicted octanol–water partition coefficient (Wildman–Crippen LogP) is 3.40. The van der Waals surface area contributed by atoms with Crippen molar-refractivity contribution in [2.24, 2.45) is 0 Å². The number of imide groups is 1. The number of fused-ring (bicyclic) bond motifs is 1. The Bertz CT molecular complexity index is 1130. The first-order valence-corrected chi connectivity index (χ1v) is 9.40. The van der Waals surface area contributed by atoms with Crippen molar-refractivity contribution in [3.8, 4) is 6.07 Å². The Balaban J connectivity index is 1.66. The van der Waals surface area contributed by atoms with Gasteiger partial charge in [-0.15, -0.1) is 0 Å². The lowest BCUT2D eigenvalue weighted by Crippen LogP contribution is -2.48. The number of carbonyl (C=O) groups excluding carboxylic acids is 3. The smallest absolute Gasteiger partial charge is 0.262 e. The maximum absolute atomic E-state index is 13.2. The summed E-state index contributed by atoms with van der Waals surface area (Å²) in [6.45, 7) is 0. The van der Waals surface area contributed by atoms with E-state index in [-0.39, 0.29) is 6.42 Å². The van der Waals surface area contributed by atoms with E-state index in [0.29, 0.717) is 22.4 Å². The lowest BCUT2D eigenvalue weighted by molar-refractivity contribution is -0.119. The van der Waals surface area contributed by atoms with Gasteiger partial charge in [-0.05, 0) is 42.0 Å². The molecule has 1 atom stereocenters. The summed E-state index contributed by atoms with van der Waals surface area (Å²) >= 11 is 0. The van der Waals surface area contributed by atoms with Gasteiger partial charge in [0.1, 0.15) is 6.04 Å². The minimum atomic E-state index is -1.02. The lowest BCUT2D eigenvalue weighted by Gasteiger charge is -2.25. The Morgan fingerprint density at radius 1 is 0.867 bits per heavy atom. The molecule has 0 saturated heterocycles. The van der Waals surface area contributed by atoms with Crippen LogP contribution in [0.2, 0.25) is 0 Å². The van der Waals surface area contributed by atoms with Gasteiger partial charge in [0.25, 0.3) is 11.8 Å². The van der Waals surface area contributed by atoms with Gasteiger partial charge in [0.15, 0.2) is 0 Å². The average Bonchev–Trinajstić information content (AvgIpc) is 3.03. The molecule has 3 aromatic carbocycles. The minimum absolute atomic E-state index is 0.189. The van der Waals surface area contributed by atoms with Crippen LogP contribution in [0.3, 0.4) is 0 Å². The quantitative estimate of drug-likeness (QED) is 0.671. The molecule has 0 unspecified atom stereocenters. The molecule has 1 aliphatic heterocycles. The monoisotopic (exact) mass is 395 g/mol. The summed E-state index contributed by atoms with van der Waals surface area (Å²) in [5.41, 5.74) is 2.37. The summed E-state index contributed by atoms with van der Waals surface area (Å²) in [6.07, 6.45) is 0.189. The van der Waals surface area contributed by atoms with Crippen LogP contribution in [0.5, 0.6) is 0 Å². The molecule has 0 aliphatic carbocycles. The number of amides is 3. The summed E-state index contributed by atoms with van der Waals surface area (Å²) < 4.78 is 0. The zero-order chi connectivity index (χ0) is 21.1. The maximum Gasteiger partial charge on any atom is 0.262 e. The van der Waals surface area contributed by atoms with Gasteiger partial charge in [0, 0.05) is 12.1 Å². The highest BCUT2D eigenvalue weighted by atomic mass is 16.2. The number of rotatable bonds is 5. The summed E-state index contributed by atoms with van der Waals surface area (Å²) in [5.74, 6) is -1.43. The molecule has 30 heavy (non-hydrogen) atoms. The fraction of sp³-hybridized carbons (Fsp3) is 0.0833. The Morgan fingerprint density at radius 3 is 2.00 bits per heavy atom. The van der Waals surface area contributed by atoms with E-state index >= 15 is 0 Å². The Kier molecular flexibility index (Phi) is 5.10. The number of benzene rings is 3. The van der Waals surface area contributed by atoms with Gasteiger partial charge < -0.3 is 5.32 Å². The fourth-order valence-electron chi connectivity index (χ4n) is 3.48. The van der Waals surface area contributed by atoms with Gasteiger partial charge in [-0.1, -0.05) is 42.5 Å². The van der Waals surface area contributed by atoms with Crippen LogP contribution in [-0.4, -0.2) is 28.7 Å². The number of hydrogen-bond acceptors (Lipinski definition) is 4. The molecule has 1 N–H and O–H groups in total.